The van der Waals surface area contributed by atoms with E-state index >= 15 is 0 Å². The van der Waals surface area contributed by atoms with Gasteiger partial charge in [0.1, 0.15) is 0 Å². The third kappa shape index (κ3) is 4.28. The normalized spacial score (nSPS) is 12.2. The van der Waals surface area contributed by atoms with Gasteiger partial charge in [0, 0.05) is 19.0 Å². The number of nitrogens with zero attached hydrogens (tertiary/aromatic N) is 1. The number of hydroxylamine groups is 1. The van der Waals surface area contributed by atoms with Crippen LogP contribution in [0, 0.1) is 0 Å². The second-order valence-corrected chi connectivity index (χ2v) is 9.26. The molecule has 0 aliphatic carbocycles. The highest BCUT2D eigenvalue weighted by Crippen LogP contribution is 2.20. The van der Waals surface area contributed by atoms with Gasteiger partial charge in [0.2, 0.25) is 0 Å². The fraction of sp³-hybridized carbons (Fsp3) is 0.188. The number of carbonyl (C=O) groups is 1. The van der Waals surface area contributed by atoms with Crippen molar-refractivity contribution in [3.05, 3.63) is 54.1 Å². The molecule has 0 unspecified atom stereocenters. The van der Waals surface area contributed by atoms with E-state index in [-0.39, 0.29) is 15.4 Å². The first-order valence-electron chi connectivity index (χ1n) is 7.31. The van der Waals surface area contributed by atoms with Crippen LogP contribution < -0.4 is 5.32 Å². The molecular formula is C16H18N2O6S2. The minimum absolute atomic E-state index is 0.00538. The van der Waals surface area contributed by atoms with Crippen molar-refractivity contribution in [3.63, 3.8) is 0 Å². The molecule has 2 aromatic carbocycles. The van der Waals surface area contributed by atoms with E-state index in [0.29, 0.717) is 10.2 Å². The van der Waals surface area contributed by atoms with Crippen LogP contribution in [-0.2, 0) is 24.7 Å². The smallest absolute Gasteiger partial charge is 0.264 e. The van der Waals surface area contributed by atoms with Gasteiger partial charge in [-0.05, 0) is 36.4 Å². The van der Waals surface area contributed by atoms with Crippen LogP contribution >= 0.6 is 0 Å². The number of sulfonamides is 1. The number of anilines is 1. The lowest BCUT2D eigenvalue weighted by Gasteiger charge is -2.14. The standard InChI is InChI=1S/C16H18N2O6S2/c1-18(24-2)26(22,23)13-10-8-12(9-11-13)17-16(19)14-6-4-5-7-15(14)25(3,20)21/h4-11H,1-3H3,(H,17,19). The highest BCUT2D eigenvalue weighted by Gasteiger charge is 2.21. The summed E-state index contributed by atoms with van der Waals surface area (Å²) in [5.41, 5.74) is 0.322. The van der Waals surface area contributed by atoms with Crippen LogP contribution in [0.3, 0.4) is 0 Å². The summed E-state index contributed by atoms with van der Waals surface area (Å²) in [4.78, 5) is 17.0. The molecule has 2 aromatic rings. The first-order valence-corrected chi connectivity index (χ1v) is 10.6. The Balaban J connectivity index is 2.27. The van der Waals surface area contributed by atoms with Crippen molar-refractivity contribution in [3.8, 4) is 0 Å². The minimum atomic E-state index is -3.79. The lowest BCUT2D eigenvalue weighted by molar-refractivity contribution is -0.0258. The minimum Gasteiger partial charge on any atom is -0.322 e. The Hall–Kier alpha value is -2.27. The molecule has 0 spiro atoms. The van der Waals surface area contributed by atoms with Gasteiger partial charge in [0.15, 0.2) is 9.84 Å². The van der Waals surface area contributed by atoms with E-state index in [1.54, 1.807) is 6.07 Å². The van der Waals surface area contributed by atoms with Crippen LogP contribution in [0.2, 0.25) is 0 Å². The summed E-state index contributed by atoms with van der Waals surface area (Å²) in [7, 11) is -4.88. The lowest BCUT2D eigenvalue weighted by atomic mass is 10.2. The molecule has 0 saturated carbocycles. The van der Waals surface area contributed by atoms with Crippen molar-refractivity contribution < 1.29 is 26.5 Å². The summed E-state index contributed by atoms with van der Waals surface area (Å²) in [5, 5.41) is 2.55. The van der Waals surface area contributed by atoms with E-state index in [1.165, 1.54) is 56.6 Å². The summed E-state index contributed by atoms with van der Waals surface area (Å²) >= 11 is 0. The number of nitrogens with one attached hydrogen (secondary N) is 1. The first-order chi connectivity index (χ1) is 12.1. The summed E-state index contributed by atoms with van der Waals surface area (Å²) < 4.78 is 48.5. The Labute approximate surface area is 152 Å². The second-order valence-electron chi connectivity index (χ2n) is 5.34. The number of carbonyl (C=O) groups excluding carboxylic acids is 1. The molecule has 0 aromatic heterocycles. The van der Waals surface area contributed by atoms with Crippen molar-refractivity contribution in [1.29, 1.82) is 0 Å². The molecule has 1 amide bonds. The fourth-order valence-corrected chi connectivity index (χ4v) is 3.99. The number of rotatable bonds is 6. The van der Waals surface area contributed by atoms with Crippen LogP contribution in [-0.4, -0.2) is 47.6 Å². The zero-order valence-electron chi connectivity index (χ0n) is 14.3. The van der Waals surface area contributed by atoms with Gasteiger partial charge in [-0.25, -0.2) is 16.8 Å². The van der Waals surface area contributed by atoms with Gasteiger partial charge in [-0.15, -0.1) is 0 Å². The number of sulfone groups is 1. The number of benzene rings is 2. The third-order valence-corrected chi connectivity index (χ3v) is 6.39. The topological polar surface area (TPSA) is 110 Å². The SMILES string of the molecule is CON(C)S(=O)(=O)c1ccc(NC(=O)c2ccccc2S(C)(=O)=O)cc1. The van der Waals surface area contributed by atoms with Gasteiger partial charge in [-0.2, -0.15) is 0 Å². The molecule has 26 heavy (non-hydrogen) atoms. The maximum Gasteiger partial charge on any atom is 0.264 e. The molecule has 0 radical (unpaired) electrons. The number of hydrogen-bond donors (Lipinski definition) is 1. The highest BCUT2D eigenvalue weighted by molar-refractivity contribution is 7.90. The van der Waals surface area contributed by atoms with Crippen molar-refractivity contribution in [2.45, 2.75) is 9.79 Å². The predicted molar refractivity (Wildman–Crippen MR) is 95.9 cm³/mol. The molecule has 8 nitrogen and oxygen atoms in total. The van der Waals surface area contributed by atoms with Crippen molar-refractivity contribution in [1.82, 2.24) is 4.47 Å². The summed E-state index contributed by atoms with van der Waals surface area (Å²) in [5.74, 6) is -0.615. The molecule has 0 atom stereocenters. The Morgan fingerprint density at radius 1 is 1.00 bits per heavy atom. The zero-order chi connectivity index (χ0) is 19.5. The average molecular weight is 398 g/mol. The van der Waals surface area contributed by atoms with Crippen molar-refractivity contribution in [2.24, 2.45) is 0 Å². The third-order valence-electron chi connectivity index (χ3n) is 3.54. The quantitative estimate of drug-likeness (QED) is 0.739. The van der Waals surface area contributed by atoms with E-state index < -0.39 is 25.8 Å². The van der Waals surface area contributed by atoms with Gasteiger partial charge < -0.3 is 5.32 Å². The lowest BCUT2D eigenvalue weighted by Crippen LogP contribution is -2.25. The van der Waals surface area contributed by atoms with Crippen molar-refractivity contribution >= 4 is 31.5 Å². The van der Waals surface area contributed by atoms with Crippen LogP contribution in [0.25, 0.3) is 0 Å². The van der Waals surface area contributed by atoms with Gasteiger partial charge in [0.25, 0.3) is 15.9 Å². The first kappa shape index (κ1) is 20.0. The van der Waals surface area contributed by atoms with Gasteiger partial charge in [-0.1, -0.05) is 16.6 Å². The van der Waals surface area contributed by atoms with Crippen LogP contribution in [0.4, 0.5) is 5.69 Å². The van der Waals surface area contributed by atoms with Gasteiger partial charge >= 0.3 is 0 Å². The number of amides is 1. The van der Waals surface area contributed by atoms with Crippen LogP contribution in [0.15, 0.2) is 58.3 Å². The summed E-state index contributed by atoms with van der Waals surface area (Å²) in [6.07, 6.45) is 1.02. The molecule has 2 rings (SSSR count). The molecular weight excluding hydrogens is 380 g/mol. The van der Waals surface area contributed by atoms with Crippen LogP contribution in [0.5, 0.6) is 0 Å². The molecule has 140 valence electrons. The maximum absolute atomic E-state index is 12.4. The largest absolute Gasteiger partial charge is 0.322 e. The Morgan fingerprint density at radius 2 is 1.58 bits per heavy atom. The summed E-state index contributed by atoms with van der Waals surface area (Å²) in [6.45, 7) is 0. The van der Waals surface area contributed by atoms with E-state index in [1.807, 2.05) is 0 Å². The van der Waals surface area contributed by atoms with Gasteiger partial charge in [0.05, 0.1) is 22.5 Å². The molecule has 0 heterocycles. The molecule has 0 aliphatic rings. The fourth-order valence-electron chi connectivity index (χ4n) is 2.13. The van der Waals surface area contributed by atoms with E-state index in [4.69, 9.17) is 0 Å². The second kappa shape index (κ2) is 7.54. The number of hydrogen-bond acceptors (Lipinski definition) is 6. The molecule has 0 fully saturated rings. The zero-order valence-corrected chi connectivity index (χ0v) is 16.0. The molecule has 0 aliphatic heterocycles. The molecule has 1 N–H and O–H groups in total. The maximum atomic E-state index is 12.4. The van der Waals surface area contributed by atoms with E-state index in [0.717, 1.165) is 6.26 Å². The average Bonchev–Trinajstić information content (AvgIpc) is 2.60. The Morgan fingerprint density at radius 3 is 2.12 bits per heavy atom. The van der Waals surface area contributed by atoms with E-state index in [2.05, 4.69) is 10.2 Å². The molecule has 0 saturated heterocycles. The summed E-state index contributed by atoms with van der Waals surface area (Å²) in [6, 6.07) is 11.2. The van der Waals surface area contributed by atoms with Gasteiger partial charge in [-0.3, -0.25) is 9.63 Å². The predicted octanol–water partition coefficient (Wildman–Crippen LogP) is 1.52. The van der Waals surface area contributed by atoms with Crippen molar-refractivity contribution in [2.75, 3.05) is 25.7 Å². The molecule has 0 bridgehead atoms. The highest BCUT2D eigenvalue weighted by atomic mass is 32.2. The molecule has 10 heteroatoms. The van der Waals surface area contributed by atoms with E-state index in [9.17, 15) is 21.6 Å². The van der Waals surface area contributed by atoms with Crippen LogP contribution in [0.1, 0.15) is 10.4 Å². The monoisotopic (exact) mass is 398 g/mol. The Kier molecular flexibility index (Phi) is 5.81. The Bertz CT molecular complexity index is 1010.